The Morgan fingerprint density at radius 1 is 0.529 bits per heavy atom. The van der Waals surface area contributed by atoms with Crippen LogP contribution in [0, 0.1) is 0 Å². The molecule has 1 heterocycles. The average molecular weight is 717 g/mol. The molecule has 0 N–H and O–H groups in total. The second-order valence-electron chi connectivity index (χ2n) is 11.7. The molecule has 7 aromatic carbocycles. The molecule has 0 unspecified atom stereocenters. The maximum absolute atomic E-state index is 13.6. The molecule has 0 spiro atoms. The van der Waals surface area contributed by atoms with Crippen molar-refractivity contribution in [3.05, 3.63) is 164 Å². The van der Waals surface area contributed by atoms with Gasteiger partial charge in [0.05, 0.1) is 16.1 Å². The van der Waals surface area contributed by atoms with Crippen LogP contribution in [0.25, 0.3) is 30.9 Å². The van der Waals surface area contributed by atoms with Gasteiger partial charge in [0.15, 0.2) is 5.75 Å². The molecule has 8 rings (SSSR count). The van der Waals surface area contributed by atoms with Crippen molar-refractivity contribution in [3.63, 3.8) is 0 Å². The highest BCUT2D eigenvalue weighted by Crippen LogP contribution is 2.50. The molecule has 0 aliphatic carbocycles. The molecule has 0 fully saturated rings. The first-order chi connectivity index (χ1) is 24.7. The summed E-state index contributed by atoms with van der Waals surface area (Å²) in [5.74, 6) is -0.399. The van der Waals surface area contributed by atoms with E-state index in [4.69, 9.17) is 4.18 Å². The number of anilines is 6. The molecule has 0 aliphatic heterocycles. The van der Waals surface area contributed by atoms with Crippen LogP contribution in [0.5, 0.6) is 5.75 Å². The van der Waals surface area contributed by atoms with Crippen molar-refractivity contribution in [3.8, 4) is 5.75 Å². The fraction of sp³-hybridized carbons (Fsp3) is 0.0244. The first-order valence-electron chi connectivity index (χ1n) is 15.9. The summed E-state index contributed by atoms with van der Waals surface area (Å²) in [6, 6.07) is 52.1. The van der Waals surface area contributed by atoms with Gasteiger partial charge in [0.1, 0.15) is 0 Å². The van der Waals surface area contributed by atoms with E-state index in [9.17, 15) is 21.6 Å². The van der Waals surface area contributed by atoms with Gasteiger partial charge in [0.25, 0.3) is 0 Å². The number of nitrogens with zero attached hydrogens (tertiary/aromatic N) is 2. The normalized spacial score (nSPS) is 12.0. The minimum Gasteiger partial charge on any atom is -0.374 e. The molecule has 10 heteroatoms. The second kappa shape index (κ2) is 12.8. The average Bonchev–Trinajstić information content (AvgIpc) is 3.53. The number of hydrogen-bond acceptors (Lipinski definition) is 6. The number of benzene rings is 7. The summed E-state index contributed by atoms with van der Waals surface area (Å²) in [4.78, 5) is 4.15. The molecule has 0 radical (unpaired) electrons. The fourth-order valence-electron chi connectivity index (χ4n) is 6.37. The van der Waals surface area contributed by atoms with Gasteiger partial charge < -0.3 is 14.0 Å². The predicted octanol–water partition coefficient (Wildman–Crippen LogP) is 12.4. The van der Waals surface area contributed by atoms with Crippen LogP contribution in [0.4, 0.5) is 47.3 Å². The Hall–Kier alpha value is -5.84. The molecular formula is C41H27F3N2O3S2. The van der Waals surface area contributed by atoms with Crippen molar-refractivity contribution < 1.29 is 25.8 Å². The number of fused-ring (bicyclic) bond motifs is 4. The minimum absolute atomic E-state index is 0.265. The van der Waals surface area contributed by atoms with Crippen molar-refractivity contribution >= 4 is 86.5 Å². The lowest BCUT2D eigenvalue weighted by molar-refractivity contribution is -0.0499. The molecule has 0 saturated heterocycles. The van der Waals surface area contributed by atoms with E-state index in [1.54, 1.807) is 6.07 Å². The number of hydrogen-bond donors (Lipinski definition) is 0. The first-order valence-corrected chi connectivity index (χ1v) is 18.2. The van der Waals surface area contributed by atoms with E-state index in [1.165, 1.54) is 17.4 Å². The number of alkyl halides is 3. The summed E-state index contributed by atoms with van der Waals surface area (Å²) in [7, 11) is -5.95. The summed E-state index contributed by atoms with van der Waals surface area (Å²) in [5, 5.41) is 3.36. The highest BCUT2D eigenvalue weighted by molar-refractivity contribution is 7.88. The molecule has 8 aromatic rings. The van der Waals surface area contributed by atoms with Crippen molar-refractivity contribution in [1.82, 2.24) is 0 Å². The lowest BCUT2D eigenvalue weighted by Crippen LogP contribution is -2.28. The van der Waals surface area contributed by atoms with E-state index in [1.807, 2.05) is 132 Å². The van der Waals surface area contributed by atoms with Crippen LogP contribution >= 0.6 is 11.3 Å². The first kappa shape index (κ1) is 32.4. The lowest BCUT2D eigenvalue weighted by Gasteiger charge is -2.28. The third-order valence-corrected chi connectivity index (χ3v) is 10.7. The van der Waals surface area contributed by atoms with Gasteiger partial charge in [-0.15, -0.1) is 11.3 Å². The molecule has 0 aliphatic rings. The van der Waals surface area contributed by atoms with E-state index in [2.05, 4.69) is 29.2 Å². The molecule has 252 valence electrons. The van der Waals surface area contributed by atoms with Crippen molar-refractivity contribution in [1.29, 1.82) is 0 Å². The highest BCUT2D eigenvalue weighted by atomic mass is 32.2. The van der Waals surface area contributed by atoms with E-state index in [0.29, 0.717) is 11.1 Å². The Morgan fingerprint density at radius 3 is 1.69 bits per heavy atom. The number of thiophene rings is 1. The standard InChI is InChI=1S/C41H27F3N2O3S2/c42-41(43,44)51(47,48)49-37-25-24-36(45(29-15-4-1-5-16-29)30-17-6-2-7-18-30)39-34-27-32(23-26-38(34)50-40(37)39)46(31-19-8-3-9-20-31)35-22-12-14-28-13-10-11-21-33(28)35/h1-27H. The predicted molar refractivity (Wildman–Crippen MR) is 202 cm³/mol. The molecule has 5 nitrogen and oxygen atoms in total. The lowest BCUT2D eigenvalue weighted by atomic mass is 10.0. The van der Waals surface area contributed by atoms with Crippen LogP contribution < -0.4 is 14.0 Å². The zero-order valence-corrected chi connectivity index (χ0v) is 28.3. The Balaban J connectivity index is 1.43. The van der Waals surface area contributed by atoms with Crippen LogP contribution in [0.3, 0.4) is 0 Å². The number of halogens is 3. The zero-order chi connectivity index (χ0) is 35.2. The quantitative estimate of drug-likeness (QED) is 0.116. The molecule has 1 aromatic heterocycles. The van der Waals surface area contributed by atoms with E-state index in [-0.39, 0.29) is 4.70 Å². The van der Waals surface area contributed by atoms with Gasteiger partial charge in [-0.3, -0.25) is 0 Å². The summed E-state index contributed by atoms with van der Waals surface area (Å²) in [5.41, 5.74) is -0.707. The molecule has 0 atom stereocenters. The monoisotopic (exact) mass is 716 g/mol. The molecule has 51 heavy (non-hydrogen) atoms. The summed E-state index contributed by atoms with van der Waals surface area (Å²) in [6.45, 7) is 0. The SMILES string of the molecule is O=S(=O)(Oc1ccc(N(c2ccccc2)c2ccccc2)c2c1sc1ccc(N(c3ccccc3)c3cccc4ccccc34)cc12)C(F)(F)F. The number of rotatable bonds is 8. The summed E-state index contributed by atoms with van der Waals surface area (Å²) in [6.07, 6.45) is 0. The van der Waals surface area contributed by atoms with Crippen LogP contribution in [-0.4, -0.2) is 13.9 Å². The fourth-order valence-corrected chi connectivity index (χ4v) is 8.05. The van der Waals surface area contributed by atoms with Crippen molar-refractivity contribution in [2.45, 2.75) is 5.51 Å². The summed E-state index contributed by atoms with van der Waals surface area (Å²) >= 11 is 1.17. The van der Waals surface area contributed by atoms with Gasteiger partial charge in [0, 0.05) is 43.6 Å². The van der Waals surface area contributed by atoms with E-state index >= 15 is 0 Å². The largest absolute Gasteiger partial charge is 0.534 e. The summed E-state index contributed by atoms with van der Waals surface area (Å²) < 4.78 is 71.4. The minimum atomic E-state index is -5.95. The highest BCUT2D eigenvalue weighted by Gasteiger charge is 2.49. The van der Waals surface area contributed by atoms with Crippen LogP contribution in [-0.2, 0) is 10.1 Å². The zero-order valence-electron chi connectivity index (χ0n) is 26.7. The van der Waals surface area contributed by atoms with Gasteiger partial charge in [0.2, 0.25) is 0 Å². The number of para-hydroxylation sites is 3. The third-order valence-electron chi connectivity index (χ3n) is 8.58. The van der Waals surface area contributed by atoms with Crippen LogP contribution in [0.2, 0.25) is 0 Å². The van der Waals surface area contributed by atoms with Gasteiger partial charge >= 0.3 is 15.6 Å². The maximum atomic E-state index is 13.6. The van der Waals surface area contributed by atoms with Gasteiger partial charge in [-0.25, -0.2) is 0 Å². The Bertz CT molecular complexity index is 2590. The Morgan fingerprint density at radius 2 is 1.08 bits per heavy atom. The van der Waals surface area contributed by atoms with E-state index < -0.39 is 21.4 Å². The van der Waals surface area contributed by atoms with Crippen molar-refractivity contribution in [2.24, 2.45) is 0 Å². The molecule has 0 amide bonds. The Labute approximate surface area is 296 Å². The van der Waals surface area contributed by atoms with E-state index in [0.717, 1.165) is 49.3 Å². The van der Waals surface area contributed by atoms with Gasteiger partial charge in [-0.1, -0.05) is 91.0 Å². The van der Waals surface area contributed by atoms with Crippen LogP contribution in [0.15, 0.2) is 164 Å². The van der Waals surface area contributed by atoms with Gasteiger partial charge in [-0.05, 0) is 78.2 Å². The topological polar surface area (TPSA) is 49.9 Å². The van der Waals surface area contributed by atoms with Crippen LogP contribution in [0.1, 0.15) is 0 Å². The second-order valence-corrected chi connectivity index (χ2v) is 14.3. The maximum Gasteiger partial charge on any atom is 0.534 e. The Kier molecular flexibility index (Phi) is 8.13. The third kappa shape index (κ3) is 5.92. The van der Waals surface area contributed by atoms with Crippen molar-refractivity contribution in [2.75, 3.05) is 9.80 Å². The molecular weight excluding hydrogens is 690 g/mol. The van der Waals surface area contributed by atoms with Gasteiger partial charge in [-0.2, -0.15) is 21.6 Å². The molecule has 0 bridgehead atoms. The smallest absolute Gasteiger partial charge is 0.374 e. The molecule has 0 saturated carbocycles.